The minimum absolute atomic E-state index is 0.185. The highest BCUT2D eigenvalue weighted by Crippen LogP contribution is 2.43. The standard InChI is InChI=1S/C22H30N2O/c1-5-18-7-6-12-23-21(18)22(25,19-10-13-24(4)14-11-19)20-9-8-16(2)15-17(20)3/h6-9,12,15,19,25H,5,10-11,13-14H2,1-4H3. The number of piperidine rings is 1. The van der Waals surface area contributed by atoms with Gasteiger partial charge in [0.2, 0.25) is 0 Å². The van der Waals surface area contributed by atoms with Gasteiger partial charge in [0.05, 0.1) is 5.69 Å². The van der Waals surface area contributed by atoms with E-state index in [-0.39, 0.29) is 5.92 Å². The van der Waals surface area contributed by atoms with Crippen LogP contribution in [0.5, 0.6) is 0 Å². The van der Waals surface area contributed by atoms with Crippen LogP contribution in [0.4, 0.5) is 0 Å². The summed E-state index contributed by atoms with van der Waals surface area (Å²) < 4.78 is 0. The minimum atomic E-state index is -1.02. The third kappa shape index (κ3) is 3.36. The summed E-state index contributed by atoms with van der Waals surface area (Å²) in [6, 6.07) is 10.5. The van der Waals surface area contributed by atoms with Crippen LogP contribution in [0.3, 0.4) is 0 Å². The molecule has 3 nitrogen and oxygen atoms in total. The maximum atomic E-state index is 12.2. The highest BCUT2D eigenvalue weighted by Gasteiger charge is 2.44. The molecule has 2 heterocycles. The zero-order chi connectivity index (χ0) is 18.0. The number of pyridine rings is 1. The van der Waals surface area contributed by atoms with E-state index in [1.807, 2.05) is 12.3 Å². The predicted octanol–water partition coefficient (Wildman–Crippen LogP) is 3.84. The fraction of sp³-hybridized carbons (Fsp3) is 0.500. The lowest BCUT2D eigenvalue weighted by Crippen LogP contribution is -2.44. The van der Waals surface area contributed by atoms with Crippen LogP contribution >= 0.6 is 0 Å². The molecule has 2 aromatic rings. The second kappa shape index (κ2) is 7.27. The molecule has 1 atom stereocenters. The first-order valence-electron chi connectivity index (χ1n) is 9.39. The topological polar surface area (TPSA) is 36.4 Å². The number of aryl methyl sites for hydroxylation is 3. The van der Waals surface area contributed by atoms with Crippen LogP contribution in [0.15, 0.2) is 36.5 Å². The Hall–Kier alpha value is -1.71. The van der Waals surface area contributed by atoms with Crippen LogP contribution in [0.2, 0.25) is 0 Å². The molecule has 0 bridgehead atoms. The number of nitrogens with zero attached hydrogens (tertiary/aromatic N) is 2. The van der Waals surface area contributed by atoms with Crippen molar-refractivity contribution >= 4 is 0 Å². The first-order valence-corrected chi connectivity index (χ1v) is 9.39. The number of rotatable bonds is 4. The van der Waals surface area contributed by atoms with E-state index in [1.54, 1.807) is 0 Å². The zero-order valence-corrected chi connectivity index (χ0v) is 15.9. The number of hydrogen-bond donors (Lipinski definition) is 1. The quantitative estimate of drug-likeness (QED) is 0.920. The molecule has 1 fully saturated rings. The maximum absolute atomic E-state index is 12.2. The van der Waals surface area contributed by atoms with Gasteiger partial charge in [0.25, 0.3) is 0 Å². The van der Waals surface area contributed by atoms with Crippen molar-refractivity contribution in [1.29, 1.82) is 0 Å². The molecule has 134 valence electrons. The lowest BCUT2D eigenvalue weighted by molar-refractivity contribution is -0.0154. The van der Waals surface area contributed by atoms with Crippen LogP contribution in [0, 0.1) is 19.8 Å². The smallest absolute Gasteiger partial charge is 0.135 e. The molecule has 0 spiro atoms. The predicted molar refractivity (Wildman–Crippen MR) is 103 cm³/mol. The first kappa shape index (κ1) is 18.1. The first-order chi connectivity index (χ1) is 12.0. The van der Waals surface area contributed by atoms with E-state index in [4.69, 9.17) is 4.98 Å². The minimum Gasteiger partial charge on any atom is -0.378 e. The maximum Gasteiger partial charge on any atom is 0.135 e. The molecule has 3 heteroatoms. The molecule has 1 unspecified atom stereocenters. The van der Waals surface area contributed by atoms with Gasteiger partial charge in [-0.1, -0.05) is 36.8 Å². The molecule has 0 amide bonds. The van der Waals surface area contributed by atoms with E-state index in [0.29, 0.717) is 0 Å². The van der Waals surface area contributed by atoms with Gasteiger partial charge < -0.3 is 10.0 Å². The van der Waals surface area contributed by atoms with Crippen molar-refractivity contribution in [3.63, 3.8) is 0 Å². The van der Waals surface area contributed by atoms with E-state index in [0.717, 1.165) is 54.7 Å². The summed E-state index contributed by atoms with van der Waals surface area (Å²) in [5, 5.41) is 12.2. The van der Waals surface area contributed by atoms with Crippen LogP contribution < -0.4 is 0 Å². The van der Waals surface area contributed by atoms with Crippen molar-refractivity contribution in [3.8, 4) is 0 Å². The average Bonchev–Trinajstić information content (AvgIpc) is 2.61. The Morgan fingerprint density at radius 2 is 1.92 bits per heavy atom. The monoisotopic (exact) mass is 338 g/mol. The molecule has 0 radical (unpaired) electrons. The summed E-state index contributed by atoms with van der Waals surface area (Å²) in [4.78, 5) is 7.04. The fourth-order valence-corrected chi connectivity index (χ4v) is 4.28. The van der Waals surface area contributed by atoms with Gasteiger partial charge in [-0.15, -0.1) is 0 Å². The second-order valence-electron chi connectivity index (χ2n) is 7.53. The summed E-state index contributed by atoms with van der Waals surface area (Å²) in [6.45, 7) is 8.39. The summed E-state index contributed by atoms with van der Waals surface area (Å²) in [5.74, 6) is 0.185. The molecule has 25 heavy (non-hydrogen) atoms. The molecule has 3 rings (SSSR count). The Morgan fingerprint density at radius 1 is 1.20 bits per heavy atom. The molecule has 1 N–H and O–H groups in total. The van der Waals surface area contributed by atoms with Gasteiger partial charge in [-0.3, -0.25) is 4.98 Å². The molecule has 1 aliphatic heterocycles. The highest BCUT2D eigenvalue weighted by molar-refractivity contribution is 5.43. The van der Waals surface area contributed by atoms with Gasteiger partial charge in [-0.25, -0.2) is 0 Å². The third-order valence-corrected chi connectivity index (χ3v) is 5.74. The second-order valence-corrected chi connectivity index (χ2v) is 7.53. The Balaban J connectivity index is 2.17. The summed E-state index contributed by atoms with van der Waals surface area (Å²) in [5.41, 5.74) is 4.35. The van der Waals surface area contributed by atoms with Gasteiger partial charge >= 0.3 is 0 Å². The largest absolute Gasteiger partial charge is 0.378 e. The zero-order valence-electron chi connectivity index (χ0n) is 15.9. The number of hydrogen-bond acceptors (Lipinski definition) is 3. The summed E-state index contributed by atoms with van der Waals surface area (Å²) >= 11 is 0. The van der Waals surface area contributed by atoms with E-state index in [1.165, 1.54) is 5.56 Å². The highest BCUT2D eigenvalue weighted by atomic mass is 16.3. The lowest BCUT2D eigenvalue weighted by atomic mass is 9.71. The molecule has 1 aromatic heterocycles. The molecule has 1 aromatic carbocycles. The summed E-state index contributed by atoms with van der Waals surface area (Å²) in [7, 11) is 2.16. The number of aliphatic hydroxyl groups is 1. The van der Waals surface area contributed by atoms with Crippen LogP contribution in [0.25, 0.3) is 0 Å². The Labute approximate surface area is 151 Å². The van der Waals surface area contributed by atoms with E-state index in [2.05, 4.69) is 57.0 Å². The van der Waals surface area contributed by atoms with Crippen LogP contribution in [-0.4, -0.2) is 35.1 Å². The average molecular weight is 338 g/mol. The van der Waals surface area contributed by atoms with Gasteiger partial charge in [0, 0.05) is 12.1 Å². The van der Waals surface area contributed by atoms with Crippen molar-refractivity contribution in [3.05, 3.63) is 64.5 Å². The van der Waals surface area contributed by atoms with Crippen molar-refractivity contribution in [2.45, 2.75) is 45.6 Å². The van der Waals surface area contributed by atoms with Crippen molar-refractivity contribution in [1.82, 2.24) is 9.88 Å². The van der Waals surface area contributed by atoms with Crippen molar-refractivity contribution in [2.75, 3.05) is 20.1 Å². The third-order valence-electron chi connectivity index (χ3n) is 5.74. The van der Waals surface area contributed by atoms with E-state index in [9.17, 15) is 5.11 Å². The van der Waals surface area contributed by atoms with Gasteiger partial charge in [-0.05, 0) is 76.0 Å². The lowest BCUT2D eigenvalue weighted by Gasteiger charge is -2.42. The van der Waals surface area contributed by atoms with E-state index >= 15 is 0 Å². The van der Waals surface area contributed by atoms with E-state index < -0.39 is 5.60 Å². The van der Waals surface area contributed by atoms with Crippen LogP contribution in [0.1, 0.15) is 47.7 Å². The molecule has 0 saturated carbocycles. The van der Waals surface area contributed by atoms with Crippen molar-refractivity contribution in [2.24, 2.45) is 5.92 Å². The molecule has 1 saturated heterocycles. The molecule has 1 aliphatic rings. The van der Waals surface area contributed by atoms with Gasteiger partial charge in [0.1, 0.15) is 5.60 Å². The normalized spacial score (nSPS) is 18.9. The fourth-order valence-electron chi connectivity index (χ4n) is 4.28. The molecular weight excluding hydrogens is 308 g/mol. The number of benzene rings is 1. The number of likely N-dealkylation sites (tertiary alicyclic amines) is 1. The molecule has 0 aliphatic carbocycles. The Morgan fingerprint density at radius 3 is 2.56 bits per heavy atom. The van der Waals surface area contributed by atoms with Gasteiger partial charge in [0.15, 0.2) is 0 Å². The molecular formula is C22H30N2O. The van der Waals surface area contributed by atoms with Gasteiger partial charge in [-0.2, -0.15) is 0 Å². The Bertz CT molecular complexity index is 735. The number of aromatic nitrogens is 1. The Kier molecular flexibility index (Phi) is 5.26. The SMILES string of the molecule is CCc1cccnc1C(O)(c1ccc(C)cc1C)C1CCN(C)CC1. The van der Waals surface area contributed by atoms with Crippen LogP contribution in [-0.2, 0) is 12.0 Å². The summed E-state index contributed by atoms with van der Waals surface area (Å²) in [6.07, 6.45) is 4.67. The van der Waals surface area contributed by atoms with Crippen molar-refractivity contribution < 1.29 is 5.11 Å².